The minimum atomic E-state index is -0.303. The van der Waals surface area contributed by atoms with Crippen LogP contribution in [0.25, 0.3) is 0 Å². The summed E-state index contributed by atoms with van der Waals surface area (Å²) in [5, 5.41) is 3.61. The highest BCUT2D eigenvalue weighted by Crippen LogP contribution is 2.63. The fraction of sp³-hybridized carbons (Fsp3) is 0.625. The fourth-order valence-corrected chi connectivity index (χ4v) is 2.91. The molecule has 19 heavy (non-hydrogen) atoms. The molecule has 0 aliphatic heterocycles. The first-order chi connectivity index (χ1) is 8.71. The molecule has 1 aliphatic rings. The number of hydrogen-bond acceptors (Lipinski definition) is 2. The van der Waals surface area contributed by atoms with Gasteiger partial charge in [0.2, 0.25) is 0 Å². The third-order valence-electron chi connectivity index (χ3n) is 5.11. The minimum absolute atomic E-state index is 0.131. The molecule has 0 heterocycles. The Hall–Kier alpha value is -1.09. The summed E-state index contributed by atoms with van der Waals surface area (Å²) in [7, 11) is 1.48. The average Bonchev–Trinajstić information content (AvgIpc) is 2.71. The Bertz CT molecular complexity index is 468. The van der Waals surface area contributed by atoms with Gasteiger partial charge >= 0.3 is 0 Å². The van der Waals surface area contributed by atoms with E-state index in [1.54, 1.807) is 12.1 Å². The van der Waals surface area contributed by atoms with Crippen LogP contribution in [0.2, 0.25) is 0 Å². The van der Waals surface area contributed by atoms with Crippen molar-refractivity contribution in [2.75, 3.05) is 7.11 Å². The van der Waals surface area contributed by atoms with Crippen molar-refractivity contribution in [1.29, 1.82) is 0 Å². The van der Waals surface area contributed by atoms with E-state index in [4.69, 9.17) is 4.74 Å². The van der Waals surface area contributed by atoms with Crippen molar-refractivity contribution in [1.82, 2.24) is 5.32 Å². The normalized spacial score (nSPS) is 22.1. The Morgan fingerprint density at radius 2 is 1.79 bits per heavy atom. The van der Waals surface area contributed by atoms with Gasteiger partial charge in [-0.3, -0.25) is 0 Å². The van der Waals surface area contributed by atoms with Gasteiger partial charge in [0.1, 0.15) is 0 Å². The molecule has 0 amide bonds. The molecule has 0 spiro atoms. The Balaban J connectivity index is 2.10. The smallest absolute Gasteiger partial charge is 0.165 e. The maximum Gasteiger partial charge on any atom is 0.165 e. The van der Waals surface area contributed by atoms with E-state index in [0.29, 0.717) is 11.8 Å². The Morgan fingerprint density at radius 1 is 1.21 bits per heavy atom. The summed E-state index contributed by atoms with van der Waals surface area (Å²) in [5.41, 5.74) is 1.52. The average molecular weight is 265 g/mol. The number of hydrogen-bond donors (Lipinski definition) is 1. The molecule has 0 radical (unpaired) electrons. The van der Waals surface area contributed by atoms with Crippen LogP contribution < -0.4 is 10.1 Å². The molecule has 2 rings (SSSR count). The van der Waals surface area contributed by atoms with Gasteiger partial charge in [-0.15, -0.1) is 0 Å². The standard InChI is InChI=1S/C16H24FNO/c1-10(18-14-15(2,3)16(14,4)5)11-7-8-13(19-6)12(17)9-11/h7-10,14,18H,1-6H3. The zero-order valence-electron chi connectivity index (χ0n) is 12.7. The summed E-state index contributed by atoms with van der Waals surface area (Å²) in [6, 6.07) is 5.75. The van der Waals surface area contributed by atoms with Crippen LogP contribution in [-0.2, 0) is 0 Å². The highest BCUT2D eigenvalue weighted by molar-refractivity contribution is 5.31. The van der Waals surface area contributed by atoms with Gasteiger partial charge in [-0.05, 0) is 35.4 Å². The molecule has 1 fully saturated rings. The van der Waals surface area contributed by atoms with E-state index in [1.165, 1.54) is 7.11 Å². The molecule has 1 N–H and O–H groups in total. The number of ether oxygens (including phenoxy) is 1. The van der Waals surface area contributed by atoms with E-state index in [0.717, 1.165) is 5.56 Å². The van der Waals surface area contributed by atoms with Gasteiger partial charge < -0.3 is 10.1 Å². The maximum absolute atomic E-state index is 13.7. The maximum atomic E-state index is 13.7. The predicted octanol–water partition coefficient (Wildman–Crippen LogP) is 3.92. The predicted molar refractivity (Wildman–Crippen MR) is 75.9 cm³/mol. The SMILES string of the molecule is COc1ccc(C(C)NC2C(C)(C)C2(C)C)cc1F. The van der Waals surface area contributed by atoms with Gasteiger partial charge in [0.05, 0.1) is 7.11 Å². The molecule has 1 saturated carbocycles. The quantitative estimate of drug-likeness (QED) is 0.891. The monoisotopic (exact) mass is 265 g/mol. The third kappa shape index (κ3) is 2.25. The Kier molecular flexibility index (Phi) is 3.38. The van der Waals surface area contributed by atoms with Gasteiger partial charge in [-0.2, -0.15) is 0 Å². The Morgan fingerprint density at radius 3 is 2.21 bits per heavy atom. The van der Waals surface area contributed by atoms with Crippen molar-refractivity contribution in [3.63, 3.8) is 0 Å². The molecule has 106 valence electrons. The zero-order valence-corrected chi connectivity index (χ0v) is 12.7. The van der Waals surface area contributed by atoms with Crippen molar-refractivity contribution >= 4 is 0 Å². The van der Waals surface area contributed by atoms with Crippen LogP contribution in [0.3, 0.4) is 0 Å². The third-order valence-corrected chi connectivity index (χ3v) is 5.11. The van der Waals surface area contributed by atoms with Gasteiger partial charge in [0, 0.05) is 12.1 Å². The van der Waals surface area contributed by atoms with E-state index < -0.39 is 0 Å². The molecule has 1 unspecified atom stereocenters. The minimum Gasteiger partial charge on any atom is -0.494 e. The molecule has 1 aromatic rings. The van der Waals surface area contributed by atoms with Crippen molar-refractivity contribution in [3.8, 4) is 5.75 Å². The molecular formula is C16H24FNO. The van der Waals surface area contributed by atoms with E-state index in [9.17, 15) is 4.39 Å². The highest BCUT2D eigenvalue weighted by atomic mass is 19.1. The summed E-state index contributed by atoms with van der Waals surface area (Å²) in [4.78, 5) is 0. The summed E-state index contributed by atoms with van der Waals surface area (Å²) in [5.74, 6) is -0.00833. The molecule has 2 nitrogen and oxygen atoms in total. The lowest BCUT2D eigenvalue weighted by molar-refractivity contribution is 0.385. The van der Waals surface area contributed by atoms with E-state index in [-0.39, 0.29) is 22.7 Å². The van der Waals surface area contributed by atoms with Crippen molar-refractivity contribution in [2.45, 2.75) is 46.7 Å². The molecule has 1 aromatic carbocycles. The highest BCUT2D eigenvalue weighted by Gasteiger charge is 2.64. The number of halogens is 1. The molecule has 0 aromatic heterocycles. The largest absolute Gasteiger partial charge is 0.494 e. The molecule has 0 bridgehead atoms. The lowest BCUT2D eigenvalue weighted by Gasteiger charge is -2.16. The molecule has 0 saturated heterocycles. The number of rotatable bonds is 4. The van der Waals surface area contributed by atoms with Gasteiger partial charge in [-0.1, -0.05) is 33.8 Å². The van der Waals surface area contributed by atoms with Crippen molar-refractivity contribution < 1.29 is 9.13 Å². The van der Waals surface area contributed by atoms with Gasteiger partial charge in [-0.25, -0.2) is 4.39 Å². The second kappa shape index (κ2) is 4.48. The fourth-order valence-electron chi connectivity index (χ4n) is 2.91. The van der Waals surface area contributed by atoms with Crippen LogP contribution in [0.15, 0.2) is 18.2 Å². The summed E-state index contributed by atoms with van der Waals surface area (Å²) < 4.78 is 18.7. The molecule has 1 atom stereocenters. The molecule has 3 heteroatoms. The van der Waals surface area contributed by atoms with Crippen molar-refractivity contribution in [2.24, 2.45) is 10.8 Å². The van der Waals surface area contributed by atoms with Crippen LogP contribution >= 0.6 is 0 Å². The summed E-state index contributed by atoms with van der Waals surface area (Å²) in [6.45, 7) is 11.2. The summed E-state index contributed by atoms with van der Waals surface area (Å²) in [6.07, 6.45) is 0. The van der Waals surface area contributed by atoms with E-state index in [1.807, 2.05) is 6.07 Å². The molecular weight excluding hydrogens is 241 g/mol. The molecule has 1 aliphatic carbocycles. The zero-order chi connectivity index (χ0) is 14.4. The number of benzene rings is 1. The summed E-state index contributed by atoms with van der Waals surface area (Å²) >= 11 is 0. The van der Waals surface area contributed by atoms with Gasteiger partial charge in [0.15, 0.2) is 11.6 Å². The second-order valence-corrected chi connectivity index (χ2v) is 6.66. The van der Waals surface area contributed by atoms with E-state index >= 15 is 0 Å². The van der Waals surface area contributed by atoms with Gasteiger partial charge in [0.25, 0.3) is 0 Å². The van der Waals surface area contributed by atoms with Crippen LogP contribution in [0.4, 0.5) is 4.39 Å². The second-order valence-electron chi connectivity index (χ2n) is 6.66. The first-order valence-electron chi connectivity index (χ1n) is 6.81. The van der Waals surface area contributed by atoms with Crippen LogP contribution in [0.1, 0.15) is 46.2 Å². The first kappa shape index (κ1) is 14.3. The van der Waals surface area contributed by atoms with Crippen LogP contribution in [-0.4, -0.2) is 13.2 Å². The number of nitrogens with one attached hydrogen (secondary N) is 1. The number of methoxy groups -OCH3 is 1. The topological polar surface area (TPSA) is 21.3 Å². The lowest BCUT2D eigenvalue weighted by Crippen LogP contribution is -2.25. The van der Waals surface area contributed by atoms with Crippen molar-refractivity contribution in [3.05, 3.63) is 29.6 Å². The van der Waals surface area contributed by atoms with E-state index in [2.05, 4.69) is 39.9 Å². The Labute approximate surface area is 115 Å². The lowest BCUT2D eigenvalue weighted by atomic mass is 10.0. The van der Waals surface area contributed by atoms with Crippen LogP contribution in [0, 0.1) is 16.6 Å². The van der Waals surface area contributed by atoms with Crippen LogP contribution in [0.5, 0.6) is 5.75 Å². The first-order valence-corrected chi connectivity index (χ1v) is 6.81.